The van der Waals surface area contributed by atoms with E-state index in [9.17, 15) is 18.0 Å². The minimum Gasteiger partial charge on any atom is -0.355 e. The van der Waals surface area contributed by atoms with Crippen molar-refractivity contribution >= 4 is 17.4 Å². The Morgan fingerprint density at radius 1 is 1.10 bits per heavy atom. The van der Waals surface area contributed by atoms with Crippen LogP contribution in [0.4, 0.5) is 24.7 Å². The zero-order chi connectivity index (χ0) is 20.9. The van der Waals surface area contributed by atoms with Gasteiger partial charge in [0.2, 0.25) is 5.91 Å². The third kappa shape index (κ3) is 3.43. The molecule has 158 valence electrons. The van der Waals surface area contributed by atoms with Crippen LogP contribution in [0.1, 0.15) is 17.5 Å². The number of carbonyl (C=O) groups is 1. The predicted molar refractivity (Wildman–Crippen MR) is 107 cm³/mol. The average molecular weight is 416 g/mol. The normalized spacial score (nSPS) is 23.7. The molecule has 0 saturated carbocycles. The zero-order valence-electron chi connectivity index (χ0n) is 16.5. The number of likely N-dealkylation sites (tertiary alicyclic amines) is 1. The Morgan fingerprint density at radius 3 is 2.70 bits per heavy atom. The second-order valence-corrected chi connectivity index (χ2v) is 8.32. The molecule has 0 spiro atoms. The van der Waals surface area contributed by atoms with Gasteiger partial charge in [-0.25, -0.2) is 4.98 Å². The number of aromatic nitrogens is 1. The van der Waals surface area contributed by atoms with Crippen molar-refractivity contribution in [2.24, 2.45) is 5.92 Å². The number of carbonyl (C=O) groups excluding carboxylic acids is 1. The van der Waals surface area contributed by atoms with E-state index >= 15 is 0 Å². The maximum atomic E-state index is 13.0. The van der Waals surface area contributed by atoms with Crippen LogP contribution < -0.4 is 9.80 Å². The first-order chi connectivity index (χ1) is 14.4. The van der Waals surface area contributed by atoms with Crippen LogP contribution in [0.15, 0.2) is 42.6 Å². The lowest BCUT2D eigenvalue weighted by atomic mass is 10.1. The monoisotopic (exact) mass is 416 g/mol. The number of nitrogens with zero attached hydrogens (tertiary/aromatic N) is 4. The van der Waals surface area contributed by atoms with Crippen molar-refractivity contribution < 1.29 is 18.0 Å². The van der Waals surface area contributed by atoms with Crippen molar-refractivity contribution in [3.05, 3.63) is 53.7 Å². The molecule has 3 aliphatic heterocycles. The molecule has 0 radical (unpaired) electrons. The van der Waals surface area contributed by atoms with Crippen molar-refractivity contribution in [2.75, 3.05) is 42.5 Å². The summed E-state index contributed by atoms with van der Waals surface area (Å²) in [6.45, 7) is 3.43. The summed E-state index contributed by atoms with van der Waals surface area (Å²) in [6, 6.07) is 10.8. The number of halogens is 3. The lowest BCUT2D eigenvalue weighted by Crippen LogP contribution is -2.43. The van der Waals surface area contributed by atoms with Gasteiger partial charge < -0.3 is 9.80 Å². The summed E-state index contributed by atoms with van der Waals surface area (Å²) in [5.41, 5.74) is 1.49. The number of anilines is 2. The van der Waals surface area contributed by atoms with Crippen LogP contribution >= 0.6 is 0 Å². The van der Waals surface area contributed by atoms with Gasteiger partial charge >= 0.3 is 6.18 Å². The predicted octanol–water partition coefficient (Wildman–Crippen LogP) is 3.20. The summed E-state index contributed by atoms with van der Waals surface area (Å²) in [5.74, 6) is 1.09. The molecule has 0 bridgehead atoms. The van der Waals surface area contributed by atoms with Crippen LogP contribution in [0.25, 0.3) is 0 Å². The molecule has 2 unspecified atom stereocenters. The molecule has 0 N–H and O–H groups in total. The number of fused-ring (bicyclic) bond motifs is 2. The Balaban J connectivity index is 1.24. The van der Waals surface area contributed by atoms with Crippen LogP contribution in [0.5, 0.6) is 0 Å². The van der Waals surface area contributed by atoms with E-state index in [1.165, 1.54) is 11.6 Å². The van der Waals surface area contributed by atoms with Crippen LogP contribution in [0.3, 0.4) is 0 Å². The summed E-state index contributed by atoms with van der Waals surface area (Å²) in [7, 11) is 0. The van der Waals surface area contributed by atoms with Gasteiger partial charge in [0.1, 0.15) is 5.82 Å². The highest BCUT2D eigenvalue weighted by Crippen LogP contribution is 2.35. The first-order valence-corrected chi connectivity index (χ1v) is 10.3. The molecule has 30 heavy (non-hydrogen) atoms. The zero-order valence-corrected chi connectivity index (χ0v) is 16.5. The third-order valence-corrected chi connectivity index (χ3v) is 6.59. The van der Waals surface area contributed by atoms with E-state index in [1.54, 1.807) is 0 Å². The summed E-state index contributed by atoms with van der Waals surface area (Å²) < 4.78 is 38.3. The fourth-order valence-electron chi connectivity index (χ4n) is 5.03. The molecular formula is C22H23F3N4O. The summed E-state index contributed by atoms with van der Waals surface area (Å²) in [4.78, 5) is 23.2. The molecule has 0 aliphatic carbocycles. The first-order valence-electron chi connectivity index (χ1n) is 10.3. The Hall–Kier alpha value is -2.61. The van der Waals surface area contributed by atoms with Crippen LogP contribution in [-0.4, -0.2) is 54.6 Å². The van der Waals surface area contributed by atoms with Gasteiger partial charge in [-0.1, -0.05) is 18.2 Å². The Labute approximate surface area is 173 Å². The standard InChI is InChI=1S/C22H23F3N4O/c23-22(24,25)17-5-6-20(26-11-17)28-12-16-7-9-27(19(16)13-28)14-21(30)29-10-8-15-3-1-2-4-18(15)29/h1-6,11,16,19H,7-10,12-14H2. The molecule has 2 saturated heterocycles. The largest absolute Gasteiger partial charge is 0.417 e. The summed E-state index contributed by atoms with van der Waals surface area (Å²) in [5, 5.41) is 0. The molecule has 1 amide bonds. The molecule has 2 aromatic rings. The Morgan fingerprint density at radius 2 is 1.93 bits per heavy atom. The fourth-order valence-corrected chi connectivity index (χ4v) is 5.03. The maximum absolute atomic E-state index is 13.0. The molecule has 1 aromatic carbocycles. The van der Waals surface area contributed by atoms with E-state index in [0.717, 1.165) is 50.4 Å². The highest BCUT2D eigenvalue weighted by molar-refractivity contribution is 5.96. The van der Waals surface area contributed by atoms with Gasteiger partial charge in [-0.3, -0.25) is 9.69 Å². The molecule has 4 heterocycles. The summed E-state index contributed by atoms with van der Waals surface area (Å²) >= 11 is 0. The van der Waals surface area contributed by atoms with E-state index in [2.05, 4.69) is 16.0 Å². The van der Waals surface area contributed by atoms with E-state index in [0.29, 0.717) is 24.8 Å². The van der Waals surface area contributed by atoms with Crippen LogP contribution in [-0.2, 0) is 17.4 Å². The molecule has 2 fully saturated rings. The molecule has 5 nitrogen and oxygen atoms in total. The van der Waals surface area contributed by atoms with Gasteiger partial charge in [0.25, 0.3) is 0 Å². The number of benzene rings is 1. The number of alkyl halides is 3. The summed E-state index contributed by atoms with van der Waals surface area (Å²) in [6.07, 6.45) is -1.60. The highest BCUT2D eigenvalue weighted by Gasteiger charge is 2.43. The van der Waals surface area contributed by atoms with Gasteiger partial charge in [-0.15, -0.1) is 0 Å². The second-order valence-electron chi connectivity index (χ2n) is 8.32. The number of hydrogen-bond acceptors (Lipinski definition) is 4. The molecule has 2 atom stereocenters. The van der Waals surface area contributed by atoms with Crippen LogP contribution in [0, 0.1) is 5.92 Å². The number of para-hydroxylation sites is 1. The number of pyridine rings is 1. The van der Waals surface area contributed by atoms with Crippen molar-refractivity contribution in [2.45, 2.75) is 25.1 Å². The second kappa shape index (κ2) is 7.27. The number of rotatable bonds is 3. The van der Waals surface area contributed by atoms with E-state index in [1.807, 2.05) is 28.0 Å². The lowest BCUT2D eigenvalue weighted by Gasteiger charge is -2.27. The van der Waals surface area contributed by atoms with Gasteiger partial charge in [0.05, 0.1) is 12.1 Å². The third-order valence-electron chi connectivity index (χ3n) is 6.59. The number of amides is 1. The van der Waals surface area contributed by atoms with E-state index in [4.69, 9.17) is 0 Å². The maximum Gasteiger partial charge on any atom is 0.417 e. The van der Waals surface area contributed by atoms with Crippen molar-refractivity contribution in [3.8, 4) is 0 Å². The molecule has 8 heteroatoms. The van der Waals surface area contributed by atoms with Crippen molar-refractivity contribution in [1.82, 2.24) is 9.88 Å². The minimum atomic E-state index is -4.38. The quantitative estimate of drug-likeness (QED) is 0.771. The first kappa shape index (κ1) is 19.4. The van der Waals surface area contributed by atoms with Gasteiger partial charge in [-0.05, 0) is 49.1 Å². The van der Waals surface area contributed by atoms with Crippen LogP contribution in [0.2, 0.25) is 0 Å². The lowest BCUT2D eigenvalue weighted by molar-refractivity contribution is -0.137. The Bertz CT molecular complexity index is 946. The number of hydrogen-bond donors (Lipinski definition) is 0. The van der Waals surface area contributed by atoms with Gasteiger partial charge in [0.15, 0.2) is 0 Å². The highest BCUT2D eigenvalue weighted by atomic mass is 19.4. The molecule has 3 aliphatic rings. The van der Waals surface area contributed by atoms with Gasteiger partial charge in [0, 0.05) is 37.6 Å². The SMILES string of the molecule is O=C(CN1CCC2CN(c3ccc(C(F)(F)F)cn3)CC21)N1CCc2ccccc21. The topological polar surface area (TPSA) is 39.7 Å². The van der Waals surface area contributed by atoms with Crippen molar-refractivity contribution in [3.63, 3.8) is 0 Å². The van der Waals surface area contributed by atoms with E-state index in [-0.39, 0.29) is 11.9 Å². The smallest absolute Gasteiger partial charge is 0.355 e. The Kier molecular flexibility index (Phi) is 4.69. The van der Waals surface area contributed by atoms with Crippen molar-refractivity contribution in [1.29, 1.82) is 0 Å². The van der Waals surface area contributed by atoms with Gasteiger partial charge in [-0.2, -0.15) is 13.2 Å². The average Bonchev–Trinajstić information content (AvgIpc) is 3.42. The van der Waals surface area contributed by atoms with E-state index < -0.39 is 11.7 Å². The molecule has 1 aromatic heterocycles. The minimum absolute atomic E-state index is 0.117. The molecule has 5 rings (SSSR count). The molecular weight excluding hydrogens is 393 g/mol. The fraction of sp³-hybridized carbons (Fsp3) is 0.455.